The molecule has 0 fully saturated rings. The maximum atomic E-state index is 6.30. The number of hydrogen-bond donors (Lipinski definition) is 0. The first-order valence-corrected chi connectivity index (χ1v) is 7.44. The van der Waals surface area contributed by atoms with Crippen molar-refractivity contribution in [3.8, 4) is 0 Å². The fraction of sp³-hybridized carbons (Fsp3) is 0.400. The molecule has 2 aromatic heterocycles. The molecule has 1 atom stereocenters. The largest absolute Gasteiger partial charge is 0.326 e. The molecule has 0 spiro atoms. The van der Waals surface area contributed by atoms with Crippen molar-refractivity contribution in [2.45, 2.75) is 32.2 Å². The lowest BCUT2D eigenvalue weighted by molar-refractivity contribution is 0.641. The Morgan fingerprint density at radius 1 is 1.33 bits per heavy atom. The van der Waals surface area contributed by atoms with Crippen molar-refractivity contribution < 1.29 is 0 Å². The second kappa shape index (κ2) is 5.48. The number of nitrogens with zero attached hydrogens (tertiary/aromatic N) is 5. The third kappa shape index (κ3) is 2.65. The molecule has 110 valence electrons. The number of aryl methyl sites for hydroxylation is 4. The first kappa shape index (κ1) is 14.1. The van der Waals surface area contributed by atoms with Crippen molar-refractivity contribution in [3.63, 3.8) is 0 Å². The molecule has 0 aliphatic rings. The summed E-state index contributed by atoms with van der Waals surface area (Å²) in [5, 5.41) is 4.19. The van der Waals surface area contributed by atoms with Gasteiger partial charge in [0.2, 0.25) is 0 Å². The van der Waals surface area contributed by atoms with E-state index in [1.807, 2.05) is 14.0 Å². The third-order valence-corrected chi connectivity index (χ3v) is 3.77. The van der Waals surface area contributed by atoms with Gasteiger partial charge in [-0.1, -0.05) is 12.1 Å². The van der Waals surface area contributed by atoms with Crippen LogP contribution in [-0.2, 0) is 20.0 Å². The summed E-state index contributed by atoms with van der Waals surface area (Å²) in [6, 6.07) is 6.21. The summed E-state index contributed by atoms with van der Waals surface area (Å²) in [5.74, 6) is 1.73. The molecule has 1 aromatic carbocycles. The average Bonchev–Trinajstić information content (AvgIpc) is 3.01. The Bertz CT molecular complexity index is 772. The van der Waals surface area contributed by atoms with Crippen LogP contribution in [-0.4, -0.2) is 24.3 Å². The van der Waals surface area contributed by atoms with E-state index in [1.54, 1.807) is 11.0 Å². The monoisotopic (exact) mass is 303 g/mol. The molecule has 0 saturated carbocycles. The van der Waals surface area contributed by atoms with Gasteiger partial charge in [-0.3, -0.25) is 4.68 Å². The van der Waals surface area contributed by atoms with Gasteiger partial charge in [0, 0.05) is 20.0 Å². The Morgan fingerprint density at radius 2 is 2.14 bits per heavy atom. The van der Waals surface area contributed by atoms with Crippen LogP contribution >= 0.6 is 11.6 Å². The Labute approximate surface area is 128 Å². The van der Waals surface area contributed by atoms with Crippen molar-refractivity contribution in [3.05, 3.63) is 41.7 Å². The van der Waals surface area contributed by atoms with E-state index in [2.05, 4.69) is 39.8 Å². The number of rotatable bonds is 4. The van der Waals surface area contributed by atoms with Gasteiger partial charge in [-0.15, -0.1) is 11.6 Å². The van der Waals surface area contributed by atoms with Crippen molar-refractivity contribution in [1.82, 2.24) is 24.3 Å². The quantitative estimate of drug-likeness (QED) is 0.696. The molecule has 0 aliphatic heterocycles. The van der Waals surface area contributed by atoms with Gasteiger partial charge in [0.05, 0.1) is 16.4 Å². The normalized spacial score (nSPS) is 13.0. The molecule has 3 aromatic rings. The number of imidazole rings is 1. The zero-order chi connectivity index (χ0) is 15.0. The van der Waals surface area contributed by atoms with Crippen LogP contribution in [0.15, 0.2) is 24.5 Å². The standard InChI is InChI=1S/C15H18ClN5/c1-10-5-4-6-12-14(10)18-15(11(2)16)21(12)8-7-13-17-9-20(3)19-13/h4-6,9,11H,7-8H2,1-3H3. The van der Waals surface area contributed by atoms with Gasteiger partial charge in [0.1, 0.15) is 12.2 Å². The van der Waals surface area contributed by atoms with E-state index in [4.69, 9.17) is 16.6 Å². The number of halogens is 1. The molecule has 21 heavy (non-hydrogen) atoms. The fourth-order valence-corrected chi connectivity index (χ4v) is 2.72. The van der Waals surface area contributed by atoms with Gasteiger partial charge in [-0.25, -0.2) is 9.97 Å². The lowest BCUT2D eigenvalue weighted by Crippen LogP contribution is -2.08. The number of alkyl halides is 1. The number of para-hydroxylation sites is 1. The molecule has 0 N–H and O–H groups in total. The minimum atomic E-state index is -0.131. The molecule has 0 saturated heterocycles. The van der Waals surface area contributed by atoms with Gasteiger partial charge in [-0.05, 0) is 25.5 Å². The van der Waals surface area contributed by atoms with Crippen LogP contribution in [0, 0.1) is 6.92 Å². The molecule has 0 bridgehead atoms. The Hall–Kier alpha value is -1.88. The zero-order valence-corrected chi connectivity index (χ0v) is 13.2. The van der Waals surface area contributed by atoms with E-state index in [9.17, 15) is 0 Å². The summed E-state index contributed by atoms with van der Waals surface area (Å²) < 4.78 is 3.90. The predicted octanol–water partition coefficient (Wildman–Crippen LogP) is 3.02. The number of hydrogen-bond acceptors (Lipinski definition) is 3. The minimum Gasteiger partial charge on any atom is -0.326 e. The topological polar surface area (TPSA) is 48.5 Å². The second-order valence-corrected chi connectivity index (χ2v) is 5.92. The van der Waals surface area contributed by atoms with Crippen LogP contribution in [0.5, 0.6) is 0 Å². The van der Waals surface area contributed by atoms with E-state index in [0.29, 0.717) is 0 Å². The first-order valence-electron chi connectivity index (χ1n) is 7.00. The molecule has 6 heteroatoms. The summed E-state index contributed by atoms with van der Waals surface area (Å²) in [6.07, 6.45) is 2.48. The molecule has 2 heterocycles. The van der Waals surface area contributed by atoms with Crippen molar-refractivity contribution in [2.75, 3.05) is 0 Å². The molecule has 5 nitrogen and oxygen atoms in total. The summed E-state index contributed by atoms with van der Waals surface area (Å²) in [6.45, 7) is 4.80. The third-order valence-electron chi connectivity index (χ3n) is 3.57. The fourth-order valence-electron chi connectivity index (χ4n) is 2.55. The van der Waals surface area contributed by atoms with Gasteiger partial charge in [0.25, 0.3) is 0 Å². The maximum absolute atomic E-state index is 6.30. The lowest BCUT2D eigenvalue weighted by Gasteiger charge is -2.09. The van der Waals surface area contributed by atoms with E-state index >= 15 is 0 Å². The van der Waals surface area contributed by atoms with Gasteiger partial charge < -0.3 is 4.57 Å². The van der Waals surface area contributed by atoms with E-state index in [0.717, 1.165) is 35.6 Å². The van der Waals surface area contributed by atoms with Crippen LogP contribution < -0.4 is 0 Å². The van der Waals surface area contributed by atoms with Gasteiger partial charge in [-0.2, -0.15) is 5.10 Å². The molecular formula is C15H18ClN5. The molecule has 3 rings (SSSR count). The maximum Gasteiger partial charge on any atom is 0.152 e. The van der Waals surface area contributed by atoms with E-state index in [1.165, 1.54) is 5.56 Å². The number of aromatic nitrogens is 5. The van der Waals surface area contributed by atoms with Crippen LogP contribution in [0.1, 0.15) is 29.5 Å². The van der Waals surface area contributed by atoms with E-state index < -0.39 is 0 Å². The molecular weight excluding hydrogens is 286 g/mol. The van der Waals surface area contributed by atoms with Crippen LogP contribution in [0.25, 0.3) is 11.0 Å². The smallest absolute Gasteiger partial charge is 0.152 e. The highest BCUT2D eigenvalue weighted by Crippen LogP contribution is 2.26. The highest BCUT2D eigenvalue weighted by Gasteiger charge is 2.16. The van der Waals surface area contributed by atoms with Gasteiger partial charge in [0.15, 0.2) is 5.82 Å². The SMILES string of the molecule is Cc1cccc2c1nc(C(C)Cl)n2CCc1ncn(C)n1. The highest BCUT2D eigenvalue weighted by atomic mass is 35.5. The summed E-state index contributed by atoms with van der Waals surface area (Å²) in [7, 11) is 1.87. The average molecular weight is 304 g/mol. The number of benzene rings is 1. The van der Waals surface area contributed by atoms with Crippen molar-refractivity contribution in [1.29, 1.82) is 0 Å². The summed E-state index contributed by atoms with van der Waals surface area (Å²) >= 11 is 6.30. The zero-order valence-electron chi connectivity index (χ0n) is 12.4. The molecule has 0 amide bonds. The van der Waals surface area contributed by atoms with Crippen molar-refractivity contribution in [2.24, 2.45) is 7.05 Å². The summed E-state index contributed by atoms with van der Waals surface area (Å²) in [5.41, 5.74) is 3.31. The Kier molecular flexibility index (Phi) is 3.68. The Morgan fingerprint density at radius 3 is 2.81 bits per heavy atom. The first-order chi connectivity index (χ1) is 10.1. The van der Waals surface area contributed by atoms with Crippen LogP contribution in [0.2, 0.25) is 0 Å². The Balaban J connectivity index is 1.99. The second-order valence-electron chi connectivity index (χ2n) is 5.26. The molecule has 1 unspecified atom stereocenters. The summed E-state index contributed by atoms with van der Waals surface area (Å²) in [4.78, 5) is 8.99. The lowest BCUT2D eigenvalue weighted by atomic mass is 10.2. The van der Waals surface area contributed by atoms with Crippen LogP contribution in [0.3, 0.4) is 0 Å². The van der Waals surface area contributed by atoms with E-state index in [-0.39, 0.29) is 5.38 Å². The molecule has 0 aliphatic carbocycles. The van der Waals surface area contributed by atoms with Crippen molar-refractivity contribution >= 4 is 22.6 Å². The van der Waals surface area contributed by atoms with Gasteiger partial charge >= 0.3 is 0 Å². The van der Waals surface area contributed by atoms with Crippen LogP contribution in [0.4, 0.5) is 0 Å². The minimum absolute atomic E-state index is 0.131. The number of fused-ring (bicyclic) bond motifs is 1. The predicted molar refractivity (Wildman–Crippen MR) is 83.4 cm³/mol. The highest BCUT2D eigenvalue weighted by molar-refractivity contribution is 6.20. The molecule has 0 radical (unpaired) electrons.